The zero-order chi connectivity index (χ0) is 17.8. The minimum atomic E-state index is -4.59. The molecule has 25 heavy (non-hydrogen) atoms. The number of piperidine rings is 1. The Morgan fingerprint density at radius 3 is 2.68 bits per heavy atom. The van der Waals surface area contributed by atoms with Crippen molar-refractivity contribution in [3.8, 4) is 0 Å². The first-order valence-electron chi connectivity index (χ1n) is 8.05. The van der Waals surface area contributed by atoms with Crippen LogP contribution in [0.5, 0.6) is 0 Å². The number of likely N-dealkylation sites (tertiary alicyclic amines) is 1. The Morgan fingerprint density at radius 2 is 2.00 bits per heavy atom. The number of fused-ring (bicyclic) bond motifs is 3. The van der Waals surface area contributed by atoms with Crippen molar-refractivity contribution >= 4 is 22.0 Å². The van der Waals surface area contributed by atoms with Crippen LogP contribution in [-0.2, 0) is 6.18 Å². The summed E-state index contributed by atoms with van der Waals surface area (Å²) in [6, 6.07) is 4.35. The zero-order valence-electron chi connectivity index (χ0n) is 13.5. The minimum absolute atomic E-state index is 0.0386. The van der Waals surface area contributed by atoms with E-state index in [1.54, 1.807) is 0 Å². The molecule has 8 heteroatoms. The second kappa shape index (κ2) is 5.59. The molecule has 3 heterocycles. The molecule has 4 rings (SSSR count). The van der Waals surface area contributed by atoms with Crippen molar-refractivity contribution in [2.75, 3.05) is 20.1 Å². The molecule has 2 aromatic heterocycles. The second-order valence-electron chi connectivity index (χ2n) is 6.51. The van der Waals surface area contributed by atoms with Gasteiger partial charge < -0.3 is 14.3 Å². The molecule has 0 atom stereocenters. The van der Waals surface area contributed by atoms with Gasteiger partial charge in [-0.05, 0) is 45.1 Å². The number of nitrogens with zero attached hydrogens (tertiary/aromatic N) is 2. The molecule has 3 aromatic rings. The van der Waals surface area contributed by atoms with Crippen LogP contribution in [0.1, 0.15) is 30.3 Å². The third kappa shape index (κ3) is 2.80. The molecule has 1 fully saturated rings. The number of hydrogen-bond donors (Lipinski definition) is 1. The van der Waals surface area contributed by atoms with Gasteiger partial charge in [0.05, 0.1) is 10.9 Å². The van der Waals surface area contributed by atoms with Gasteiger partial charge in [-0.25, -0.2) is 4.98 Å². The molecule has 5 nitrogen and oxygen atoms in total. The van der Waals surface area contributed by atoms with Crippen LogP contribution in [0, 0.1) is 0 Å². The molecule has 1 aromatic carbocycles. The first-order valence-corrected chi connectivity index (χ1v) is 8.05. The van der Waals surface area contributed by atoms with Crippen molar-refractivity contribution in [2.24, 2.45) is 0 Å². The Hall–Kier alpha value is -2.35. The van der Waals surface area contributed by atoms with Gasteiger partial charge in [0, 0.05) is 12.0 Å². The Morgan fingerprint density at radius 1 is 1.28 bits per heavy atom. The van der Waals surface area contributed by atoms with Crippen LogP contribution in [-0.4, -0.2) is 35.0 Å². The summed E-state index contributed by atoms with van der Waals surface area (Å²) < 4.78 is 44.7. The molecule has 132 valence electrons. The van der Waals surface area contributed by atoms with E-state index in [4.69, 9.17) is 4.42 Å². The van der Waals surface area contributed by atoms with Crippen molar-refractivity contribution in [2.45, 2.75) is 24.9 Å². The summed E-state index contributed by atoms with van der Waals surface area (Å²) in [4.78, 5) is 20.5. The van der Waals surface area contributed by atoms with Gasteiger partial charge in [-0.15, -0.1) is 0 Å². The van der Waals surface area contributed by atoms with E-state index in [2.05, 4.69) is 14.9 Å². The highest BCUT2D eigenvalue weighted by atomic mass is 19.4. The van der Waals surface area contributed by atoms with E-state index < -0.39 is 12.0 Å². The summed E-state index contributed by atoms with van der Waals surface area (Å²) >= 11 is 0. The largest absolute Gasteiger partial charge is 0.458 e. The Labute approximate surface area is 140 Å². The monoisotopic (exact) mass is 351 g/mol. The third-order valence-electron chi connectivity index (χ3n) is 4.76. The molecular weight excluding hydrogens is 335 g/mol. The van der Waals surface area contributed by atoms with Crippen LogP contribution < -0.4 is 5.43 Å². The average molecular weight is 351 g/mol. The van der Waals surface area contributed by atoms with E-state index in [1.165, 1.54) is 18.2 Å². The van der Waals surface area contributed by atoms with E-state index in [0.717, 1.165) is 25.9 Å². The molecule has 0 amide bonds. The fraction of sp³-hybridized carbons (Fsp3) is 0.412. The van der Waals surface area contributed by atoms with E-state index >= 15 is 0 Å². The van der Waals surface area contributed by atoms with Gasteiger partial charge in [-0.2, -0.15) is 13.2 Å². The number of halogens is 3. The molecule has 1 saturated heterocycles. The number of H-pyrrole nitrogens is 1. The molecular formula is C17H16F3N3O2. The van der Waals surface area contributed by atoms with E-state index in [-0.39, 0.29) is 33.3 Å². The van der Waals surface area contributed by atoms with Gasteiger partial charge in [0.2, 0.25) is 5.82 Å². The fourth-order valence-electron chi connectivity index (χ4n) is 3.33. The summed E-state index contributed by atoms with van der Waals surface area (Å²) in [6.45, 7) is 1.77. The van der Waals surface area contributed by atoms with Crippen LogP contribution >= 0.6 is 0 Å². The lowest BCUT2D eigenvalue weighted by Gasteiger charge is -2.28. The minimum Gasteiger partial charge on any atom is -0.458 e. The standard InChI is InChI=1S/C17H16F3N3O2/c1-23-6-4-9(5-7-23)13-8-12(24)10-2-3-11-14(15(10)25-13)22-16(21-11)17(18,19)20/h2-3,8-9H,4-7H2,1H3,(H,21,22). The Bertz CT molecular complexity index is 998. The summed E-state index contributed by atoms with van der Waals surface area (Å²) in [7, 11) is 2.03. The number of alkyl halides is 3. The Balaban J connectivity index is 1.89. The van der Waals surface area contributed by atoms with Gasteiger partial charge in [-0.1, -0.05) is 0 Å². The van der Waals surface area contributed by atoms with Crippen LogP contribution in [0.2, 0.25) is 0 Å². The lowest BCUT2D eigenvalue weighted by Crippen LogP contribution is -2.29. The molecule has 1 aliphatic rings. The smallest absolute Gasteiger partial charge is 0.449 e. The summed E-state index contributed by atoms with van der Waals surface area (Å²) in [5.74, 6) is -0.485. The number of nitrogens with one attached hydrogen (secondary N) is 1. The fourth-order valence-corrected chi connectivity index (χ4v) is 3.33. The van der Waals surface area contributed by atoms with Crippen molar-refractivity contribution < 1.29 is 17.6 Å². The number of rotatable bonds is 1. The maximum Gasteiger partial charge on any atom is 0.449 e. The van der Waals surface area contributed by atoms with Crippen molar-refractivity contribution in [3.05, 3.63) is 40.0 Å². The number of imidazole rings is 1. The molecule has 0 unspecified atom stereocenters. The maximum atomic E-state index is 12.9. The second-order valence-corrected chi connectivity index (χ2v) is 6.51. The van der Waals surface area contributed by atoms with Gasteiger partial charge in [0.25, 0.3) is 0 Å². The SMILES string of the molecule is CN1CCC(c2cc(=O)c3ccc4[nH]c(C(F)(F)F)nc4c3o2)CC1. The van der Waals surface area contributed by atoms with Gasteiger partial charge in [0.1, 0.15) is 11.3 Å². The normalized spacial score (nSPS) is 17.6. The summed E-state index contributed by atoms with van der Waals surface area (Å²) in [5, 5.41) is 0.240. The molecule has 0 saturated carbocycles. The van der Waals surface area contributed by atoms with Crippen molar-refractivity contribution in [3.63, 3.8) is 0 Å². The molecule has 0 radical (unpaired) electrons. The van der Waals surface area contributed by atoms with Crippen LogP contribution in [0.25, 0.3) is 22.0 Å². The maximum absolute atomic E-state index is 12.9. The molecule has 1 aliphatic heterocycles. The van der Waals surface area contributed by atoms with Crippen molar-refractivity contribution in [1.82, 2.24) is 14.9 Å². The quantitative estimate of drug-likeness (QED) is 0.729. The zero-order valence-corrected chi connectivity index (χ0v) is 13.5. The van der Waals surface area contributed by atoms with Gasteiger partial charge >= 0.3 is 6.18 Å². The first kappa shape index (κ1) is 16.1. The predicted octanol–water partition coefficient (Wildman–Crippen LogP) is 3.50. The summed E-state index contributed by atoms with van der Waals surface area (Å²) in [6.07, 6.45) is -2.90. The number of benzene rings is 1. The molecule has 0 bridgehead atoms. The predicted molar refractivity (Wildman–Crippen MR) is 86.6 cm³/mol. The van der Waals surface area contributed by atoms with E-state index in [0.29, 0.717) is 5.76 Å². The highest BCUT2D eigenvalue weighted by molar-refractivity contribution is 6.00. The topological polar surface area (TPSA) is 62.1 Å². The van der Waals surface area contributed by atoms with Crippen LogP contribution in [0.3, 0.4) is 0 Å². The highest BCUT2D eigenvalue weighted by Gasteiger charge is 2.35. The van der Waals surface area contributed by atoms with Gasteiger partial charge in [-0.3, -0.25) is 4.79 Å². The summed E-state index contributed by atoms with van der Waals surface area (Å²) in [5.41, 5.74) is 0.0968. The van der Waals surface area contributed by atoms with Crippen LogP contribution in [0.15, 0.2) is 27.4 Å². The van der Waals surface area contributed by atoms with E-state index in [9.17, 15) is 18.0 Å². The molecule has 0 spiro atoms. The lowest BCUT2D eigenvalue weighted by molar-refractivity contribution is -0.144. The first-order chi connectivity index (χ1) is 11.8. The number of aromatic nitrogens is 2. The van der Waals surface area contributed by atoms with Crippen LogP contribution in [0.4, 0.5) is 13.2 Å². The van der Waals surface area contributed by atoms with E-state index in [1.807, 2.05) is 7.05 Å². The third-order valence-corrected chi connectivity index (χ3v) is 4.76. The number of hydrogen-bond acceptors (Lipinski definition) is 4. The van der Waals surface area contributed by atoms with Gasteiger partial charge in [0.15, 0.2) is 11.0 Å². The molecule has 0 aliphatic carbocycles. The Kier molecular flexibility index (Phi) is 3.61. The number of aromatic amines is 1. The highest BCUT2D eigenvalue weighted by Crippen LogP contribution is 2.33. The average Bonchev–Trinajstić information content (AvgIpc) is 3.00. The molecule has 1 N–H and O–H groups in total. The van der Waals surface area contributed by atoms with Crippen molar-refractivity contribution in [1.29, 1.82) is 0 Å². The lowest BCUT2D eigenvalue weighted by atomic mass is 9.94.